The van der Waals surface area contributed by atoms with E-state index in [1.807, 2.05) is 36.4 Å². The summed E-state index contributed by atoms with van der Waals surface area (Å²) in [6, 6.07) is 11.4. The van der Waals surface area contributed by atoms with Gasteiger partial charge in [0.2, 0.25) is 0 Å². The molecule has 1 aromatic heterocycles. The van der Waals surface area contributed by atoms with Gasteiger partial charge in [-0.05, 0) is 42.8 Å². The first-order chi connectivity index (χ1) is 13.2. The summed E-state index contributed by atoms with van der Waals surface area (Å²) in [6.45, 7) is 2.07. The Kier molecular flexibility index (Phi) is 5.54. The van der Waals surface area contributed by atoms with E-state index in [1.54, 1.807) is 28.4 Å². The van der Waals surface area contributed by atoms with E-state index in [0.29, 0.717) is 28.8 Å². The van der Waals surface area contributed by atoms with Crippen LogP contribution in [0.1, 0.15) is 12.5 Å². The minimum atomic E-state index is 0.640. The molecule has 0 fully saturated rings. The Bertz CT molecular complexity index is 859. The molecule has 0 atom stereocenters. The molecule has 0 saturated heterocycles. The second-order valence-electron chi connectivity index (χ2n) is 5.83. The van der Waals surface area contributed by atoms with Crippen LogP contribution in [0.2, 0.25) is 0 Å². The van der Waals surface area contributed by atoms with Gasteiger partial charge in [0.25, 0.3) is 0 Å². The van der Waals surface area contributed by atoms with Crippen molar-refractivity contribution in [3.05, 3.63) is 42.0 Å². The van der Waals surface area contributed by atoms with Gasteiger partial charge in [-0.3, -0.25) is 0 Å². The molecule has 3 rings (SSSR count). The number of benzene rings is 2. The summed E-state index contributed by atoms with van der Waals surface area (Å²) in [5, 5.41) is 4.32. The van der Waals surface area contributed by atoms with Crippen molar-refractivity contribution in [1.82, 2.24) is 5.16 Å². The molecule has 0 aliphatic rings. The number of aromatic nitrogens is 1. The van der Waals surface area contributed by atoms with Crippen LogP contribution in [0.5, 0.6) is 23.0 Å². The third-order valence-electron chi connectivity index (χ3n) is 4.44. The van der Waals surface area contributed by atoms with Crippen molar-refractivity contribution in [3.8, 4) is 45.6 Å². The summed E-state index contributed by atoms with van der Waals surface area (Å²) < 4.78 is 27.1. The highest BCUT2D eigenvalue weighted by Crippen LogP contribution is 2.39. The standard InChI is InChI=1S/C21H23NO5/c1-6-15-20(13-7-9-16(23-2)18(11-13)25-4)22-27-21(15)14-8-10-17(24-3)19(12-14)26-5/h7-12H,6H2,1-5H3. The zero-order chi connectivity index (χ0) is 19.4. The molecule has 6 nitrogen and oxygen atoms in total. The van der Waals surface area contributed by atoms with Crippen molar-refractivity contribution in [2.24, 2.45) is 0 Å². The molecule has 0 radical (unpaired) electrons. The summed E-state index contributed by atoms with van der Waals surface area (Å²) >= 11 is 0. The molecule has 0 unspecified atom stereocenters. The predicted octanol–water partition coefficient (Wildman–Crippen LogP) is 4.61. The van der Waals surface area contributed by atoms with Gasteiger partial charge in [0.05, 0.1) is 28.4 Å². The van der Waals surface area contributed by atoms with Crippen LogP contribution in [-0.2, 0) is 6.42 Å². The van der Waals surface area contributed by atoms with Crippen molar-refractivity contribution >= 4 is 0 Å². The number of methoxy groups -OCH3 is 4. The predicted molar refractivity (Wildman–Crippen MR) is 103 cm³/mol. The quantitative estimate of drug-likeness (QED) is 0.606. The molecule has 0 aliphatic heterocycles. The number of ether oxygens (including phenoxy) is 4. The van der Waals surface area contributed by atoms with Gasteiger partial charge in [0.15, 0.2) is 28.8 Å². The molecule has 0 amide bonds. The monoisotopic (exact) mass is 369 g/mol. The summed E-state index contributed by atoms with van der Waals surface area (Å²) in [7, 11) is 6.44. The minimum absolute atomic E-state index is 0.640. The van der Waals surface area contributed by atoms with Crippen molar-refractivity contribution in [2.75, 3.05) is 28.4 Å². The third kappa shape index (κ3) is 3.43. The van der Waals surface area contributed by atoms with Crippen LogP contribution in [0.25, 0.3) is 22.6 Å². The highest BCUT2D eigenvalue weighted by Gasteiger charge is 2.20. The topological polar surface area (TPSA) is 63.0 Å². The maximum Gasteiger partial charge on any atom is 0.170 e. The van der Waals surface area contributed by atoms with E-state index in [1.165, 1.54) is 0 Å². The summed E-state index contributed by atoms with van der Waals surface area (Å²) in [5.41, 5.74) is 3.57. The Morgan fingerprint density at radius 2 is 1.26 bits per heavy atom. The average Bonchev–Trinajstić information content (AvgIpc) is 3.16. The lowest BCUT2D eigenvalue weighted by atomic mass is 10.00. The van der Waals surface area contributed by atoms with E-state index < -0.39 is 0 Å². The van der Waals surface area contributed by atoms with Gasteiger partial charge in [-0.15, -0.1) is 0 Å². The van der Waals surface area contributed by atoms with E-state index in [-0.39, 0.29) is 0 Å². The molecule has 6 heteroatoms. The Hall–Kier alpha value is -3.15. The summed E-state index contributed by atoms with van der Waals surface area (Å²) in [4.78, 5) is 0. The van der Waals surface area contributed by atoms with E-state index in [2.05, 4.69) is 12.1 Å². The van der Waals surface area contributed by atoms with Crippen LogP contribution >= 0.6 is 0 Å². The van der Waals surface area contributed by atoms with Crippen LogP contribution in [-0.4, -0.2) is 33.6 Å². The number of hydrogen-bond donors (Lipinski definition) is 0. The fraction of sp³-hybridized carbons (Fsp3) is 0.286. The maximum atomic E-state index is 5.71. The first-order valence-corrected chi connectivity index (χ1v) is 8.60. The second-order valence-corrected chi connectivity index (χ2v) is 5.83. The van der Waals surface area contributed by atoms with Gasteiger partial charge in [-0.25, -0.2) is 0 Å². The van der Waals surface area contributed by atoms with E-state index in [0.717, 1.165) is 28.8 Å². The molecule has 27 heavy (non-hydrogen) atoms. The molecule has 3 aromatic rings. The zero-order valence-electron chi connectivity index (χ0n) is 16.2. The van der Waals surface area contributed by atoms with E-state index >= 15 is 0 Å². The Morgan fingerprint density at radius 1 is 0.741 bits per heavy atom. The van der Waals surface area contributed by atoms with Crippen molar-refractivity contribution in [1.29, 1.82) is 0 Å². The lowest BCUT2D eigenvalue weighted by Gasteiger charge is -2.10. The molecule has 0 aliphatic carbocycles. The first kappa shape index (κ1) is 18.6. The van der Waals surface area contributed by atoms with Gasteiger partial charge in [-0.1, -0.05) is 12.1 Å². The van der Waals surface area contributed by atoms with E-state index in [4.69, 9.17) is 23.5 Å². The molecular formula is C21H23NO5. The molecule has 1 heterocycles. The SMILES string of the molecule is CCc1c(-c2ccc(OC)c(OC)c2)noc1-c1ccc(OC)c(OC)c1. The highest BCUT2D eigenvalue weighted by molar-refractivity contribution is 5.75. The van der Waals surface area contributed by atoms with Crippen LogP contribution in [0.4, 0.5) is 0 Å². The van der Waals surface area contributed by atoms with Gasteiger partial charge in [-0.2, -0.15) is 0 Å². The van der Waals surface area contributed by atoms with Crippen LogP contribution in [0, 0.1) is 0 Å². The van der Waals surface area contributed by atoms with Gasteiger partial charge in [0.1, 0.15) is 5.69 Å². The van der Waals surface area contributed by atoms with Crippen molar-refractivity contribution in [3.63, 3.8) is 0 Å². The van der Waals surface area contributed by atoms with Crippen LogP contribution < -0.4 is 18.9 Å². The zero-order valence-corrected chi connectivity index (χ0v) is 16.2. The minimum Gasteiger partial charge on any atom is -0.493 e. The fourth-order valence-electron chi connectivity index (χ4n) is 3.05. The molecule has 0 bridgehead atoms. The van der Waals surface area contributed by atoms with Crippen molar-refractivity contribution in [2.45, 2.75) is 13.3 Å². The Balaban J connectivity index is 2.08. The van der Waals surface area contributed by atoms with E-state index in [9.17, 15) is 0 Å². The molecule has 2 aromatic carbocycles. The molecule has 0 saturated carbocycles. The smallest absolute Gasteiger partial charge is 0.170 e. The lowest BCUT2D eigenvalue weighted by Crippen LogP contribution is -1.93. The second kappa shape index (κ2) is 8.03. The van der Waals surface area contributed by atoms with Gasteiger partial charge >= 0.3 is 0 Å². The highest BCUT2D eigenvalue weighted by atomic mass is 16.5. The number of nitrogens with zero attached hydrogens (tertiary/aromatic N) is 1. The molecule has 0 N–H and O–H groups in total. The fourth-order valence-corrected chi connectivity index (χ4v) is 3.05. The van der Waals surface area contributed by atoms with Gasteiger partial charge < -0.3 is 23.5 Å². The number of hydrogen-bond acceptors (Lipinski definition) is 6. The van der Waals surface area contributed by atoms with Crippen molar-refractivity contribution < 1.29 is 23.5 Å². The average molecular weight is 369 g/mol. The normalized spacial score (nSPS) is 10.6. The van der Waals surface area contributed by atoms with Crippen LogP contribution in [0.15, 0.2) is 40.9 Å². The first-order valence-electron chi connectivity index (χ1n) is 8.60. The molecular weight excluding hydrogens is 346 g/mol. The molecule has 0 spiro atoms. The maximum absolute atomic E-state index is 5.71. The lowest BCUT2D eigenvalue weighted by molar-refractivity contribution is 0.355. The number of rotatable bonds is 7. The third-order valence-corrected chi connectivity index (χ3v) is 4.44. The Morgan fingerprint density at radius 3 is 1.78 bits per heavy atom. The van der Waals surface area contributed by atoms with Gasteiger partial charge in [0, 0.05) is 16.7 Å². The molecule has 142 valence electrons. The largest absolute Gasteiger partial charge is 0.493 e. The summed E-state index contributed by atoms with van der Waals surface area (Å²) in [6.07, 6.45) is 0.761. The Labute approximate surface area is 158 Å². The summed E-state index contributed by atoms with van der Waals surface area (Å²) in [5.74, 6) is 3.33. The van der Waals surface area contributed by atoms with Crippen LogP contribution in [0.3, 0.4) is 0 Å².